The molecule has 0 spiro atoms. The average Bonchev–Trinajstić information content (AvgIpc) is 2.71. The standard InChI is InChI=1S/C21H22BrNO4/c22-17-10-7-11-18(14-17)26-15-19(24)27-20(16-8-3-1-4-9-16)21(25)23-12-5-2-6-13-23/h1,3-4,7-11,14,20H,2,5-6,12-13,15H2. The third-order valence-electron chi connectivity index (χ3n) is 4.40. The van der Waals surface area contributed by atoms with Crippen LogP contribution in [0, 0.1) is 0 Å². The van der Waals surface area contributed by atoms with E-state index < -0.39 is 12.1 Å². The van der Waals surface area contributed by atoms with Crippen molar-refractivity contribution in [3.63, 3.8) is 0 Å². The van der Waals surface area contributed by atoms with Crippen molar-refractivity contribution in [2.24, 2.45) is 0 Å². The minimum Gasteiger partial charge on any atom is -0.482 e. The van der Waals surface area contributed by atoms with E-state index in [4.69, 9.17) is 9.47 Å². The predicted molar refractivity (Wildman–Crippen MR) is 105 cm³/mol. The minimum absolute atomic E-state index is 0.170. The first-order valence-electron chi connectivity index (χ1n) is 9.05. The van der Waals surface area contributed by atoms with Gasteiger partial charge in [0.2, 0.25) is 6.10 Å². The Labute approximate surface area is 167 Å². The summed E-state index contributed by atoms with van der Waals surface area (Å²) in [6, 6.07) is 16.3. The third-order valence-corrected chi connectivity index (χ3v) is 4.89. The lowest BCUT2D eigenvalue weighted by Crippen LogP contribution is -2.40. The maximum atomic E-state index is 13.0. The van der Waals surface area contributed by atoms with E-state index in [1.807, 2.05) is 30.3 Å². The second-order valence-corrected chi connectivity index (χ2v) is 7.33. The van der Waals surface area contributed by atoms with E-state index in [9.17, 15) is 9.59 Å². The van der Waals surface area contributed by atoms with Gasteiger partial charge in [0.1, 0.15) is 5.75 Å². The van der Waals surface area contributed by atoms with E-state index in [1.165, 1.54) is 0 Å². The molecule has 3 rings (SSSR count). The van der Waals surface area contributed by atoms with E-state index in [1.54, 1.807) is 29.2 Å². The number of hydrogen-bond donors (Lipinski definition) is 0. The molecule has 0 bridgehead atoms. The maximum Gasteiger partial charge on any atom is 0.345 e. The van der Waals surface area contributed by atoms with E-state index in [0.717, 1.165) is 23.7 Å². The van der Waals surface area contributed by atoms with Gasteiger partial charge in [-0.15, -0.1) is 0 Å². The smallest absolute Gasteiger partial charge is 0.345 e. The number of benzene rings is 2. The van der Waals surface area contributed by atoms with Crippen molar-refractivity contribution in [1.82, 2.24) is 4.90 Å². The highest BCUT2D eigenvalue weighted by atomic mass is 79.9. The summed E-state index contributed by atoms with van der Waals surface area (Å²) >= 11 is 3.36. The summed E-state index contributed by atoms with van der Waals surface area (Å²) in [5.74, 6) is -0.189. The first kappa shape index (κ1) is 19.4. The van der Waals surface area contributed by atoms with Crippen molar-refractivity contribution < 1.29 is 19.1 Å². The summed E-state index contributed by atoms with van der Waals surface area (Å²) in [5, 5.41) is 0. The van der Waals surface area contributed by atoms with Crippen molar-refractivity contribution >= 4 is 27.8 Å². The van der Waals surface area contributed by atoms with Gasteiger partial charge in [-0.25, -0.2) is 4.79 Å². The average molecular weight is 432 g/mol. The Hall–Kier alpha value is -2.34. The molecule has 0 radical (unpaired) electrons. The molecule has 1 amide bonds. The Kier molecular flexibility index (Phi) is 6.87. The summed E-state index contributed by atoms with van der Waals surface area (Å²) in [6.45, 7) is 1.15. The first-order valence-corrected chi connectivity index (χ1v) is 9.84. The quantitative estimate of drug-likeness (QED) is 0.645. The number of amides is 1. The number of nitrogens with zero attached hydrogens (tertiary/aromatic N) is 1. The number of halogens is 1. The molecule has 1 heterocycles. The highest BCUT2D eigenvalue weighted by Gasteiger charge is 2.30. The maximum absolute atomic E-state index is 13.0. The molecule has 0 aromatic heterocycles. The molecular formula is C21H22BrNO4. The summed E-state index contributed by atoms with van der Waals surface area (Å²) in [5.41, 5.74) is 0.670. The molecule has 1 aliphatic rings. The van der Waals surface area contributed by atoms with Crippen LogP contribution in [0.2, 0.25) is 0 Å². The van der Waals surface area contributed by atoms with Crippen LogP contribution in [-0.2, 0) is 14.3 Å². The Morgan fingerprint density at radius 3 is 2.44 bits per heavy atom. The molecule has 5 nitrogen and oxygen atoms in total. The highest BCUT2D eigenvalue weighted by Crippen LogP contribution is 2.23. The van der Waals surface area contributed by atoms with Crippen LogP contribution in [0.1, 0.15) is 30.9 Å². The summed E-state index contributed by atoms with van der Waals surface area (Å²) in [6.07, 6.45) is 2.14. The van der Waals surface area contributed by atoms with Crippen molar-refractivity contribution in [3.05, 3.63) is 64.6 Å². The van der Waals surface area contributed by atoms with Crippen LogP contribution in [0.3, 0.4) is 0 Å². The molecule has 0 aliphatic carbocycles. The molecule has 1 atom stereocenters. The monoisotopic (exact) mass is 431 g/mol. The van der Waals surface area contributed by atoms with Crippen LogP contribution >= 0.6 is 15.9 Å². The van der Waals surface area contributed by atoms with Gasteiger partial charge in [-0.2, -0.15) is 0 Å². The van der Waals surface area contributed by atoms with Gasteiger partial charge in [-0.05, 0) is 37.5 Å². The number of esters is 1. The topological polar surface area (TPSA) is 55.8 Å². The fourth-order valence-electron chi connectivity index (χ4n) is 3.03. The number of piperidine rings is 1. The van der Waals surface area contributed by atoms with Crippen LogP contribution < -0.4 is 4.74 Å². The minimum atomic E-state index is -0.942. The number of carbonyl (C=O) groups is 2. The molecule has 6 heteroatoms. The van der Waals surface area contributed by atoms with Crippen LogP contribution in [0.5, 0.6) is 5.75 Å². The van der Waals surface area contributed by atoms with Gasteiger partial charge < -0.3 is 14.4 Å². The second kappa shape index (κ2) is 9.55. The molecular weight excluding hydrogens is 410 g/mol. The van der Waals surface area contributed by atoms with E-state index >= 15 is 0 Å². The van der Waals surface area contributed by atoms with Crippen molar-refractivity contribution in [2.45, 2.75) is 25.4 Å². The molecule has 142 valence electrons. The van der Waals surface area contributed by atoms with E-state index in [0.29, 0.717) is 24.4 Å². The molecule has 0 saturated carbocycles. The molecule has 27 heavy (non-hydrogen) atoms. The van der Waals surface area contributed by atoms with Gasteiger partial charge in [-0.1, -0.05) is 52.3 Å². The second-order valence-electron chi connectivity index (χ2n) is 6.41. The third kappa shape index (κ3) is 5.57. The van der Waals surface area contributed by atoms with Crippen LogP contribution in [0.25, 0.3) is 0 Å². The van der Waals surface area contributed by atoms with Crippen molar-refractivity contribution in [2.75, 3.05) is 19.7 Å². The van der Waals surface area contributed by atoms with Crippen LogP contribution in [0.4, 0.5) is 0 Å². The van der Waals surface area contributed by atoms with Crippen LogP contribution in [0.15, 0.2) is 59.1 Å². The zero-order chi connectivity index (χ0) is 19.1. The molecule has 1 saturated heterocycles. The molecule has 2 aromatic carbocycles. The Morgan fingerprint density at radius 2 is 1.74 bits per heavy atom. The number of ether oxygens (including phenoxy) is 2. The van der Waals surface area contributed by atoms with Crippen LogP contribution in [-0.4, -0.2) is 36.5 Å². The van der Waals surface area contributed by atoms with E-state index in [-0.39, 0.29) is 12.5 Å². The normalized spacial score (nSPS) is 15.1. The van der Waals surface area contributed by atoms with Crippen molar-refractivity contribution in [3.8, 4) is 5.75 Å². The Morgan fingerprint density at radius 1 is 1.00 bits per heavy atom. The molecule has 1 unspecified atom stereocenters. The molecule has 2 aromatic rings. The van der Waals surface area contributed by atoms with Gasteiger partial charge in [-0.3, -0.25) is 4.79 Å². The SMILES string of the molecule is O=C(COc1cccc(Br)c1)OC(C(=O)N1CCCCC1)c1ccccc1. The highest BCUT2D eigenvalue weighted by molar-refractivity contribution is 9.10. The first-order chi connectivity index (χ1) is 13.1. The lowest BCUT2D eigenvalue weighted by molar-refractivity contribution is -0.163. The van der Waals surface area contributed by atoms with Gasteiger partial charge >= 0.3 is 5.97 Å². The van der Waals surface area contributed by atoms with Gasteiger partial charge in [0, 0.05) is 23.1 Å². The fourth-order valence-corrected chi connectivity index (χ4v) is 3.41. The number of carbonyl (C=O) groups excluding carboxylic acids is 2. The van der Waals surface area contributed by atoms with Crippen molar-refractivity contribution in [1.29, 1.82) is 0 Å². The lowest BCUT2D eigenvalue weighted by atomic mass is 10.1. The largest absolute Gasteiger partial charge is 0.482 e. The molecule has 0 N–H and O–H groups in total. The fraction of sp³-hybridized carbons (Fsp3) is 0.333. The molecule has 1 aliphatic heterocycles. The van der Waals surface area contributed by atoms with E-state index in [2.05, 4.69) is 15.9 Å². The number of hydrogen-bond acceptors (Lipinski definition) is 4. The predicted octanol–water partition coefficient (Wildman–Crippen LogP) is 4.12. The van der Waals surface area contributed by atoms with Gasteiger partial charge in [0.05, 0.1) is 0 Å². The lowest BCUT2D eigenvalue weighted by Gasteiger charge is -2.30. The summed E-state index contributed by atoms with van der Waals surface area (Å²) < 4.78 is 11.9. The van der Waals surface area contributed by atoms with Gasteiger partial charge in [0.15, 0.2) is 6.61 Å². The number of likely N-dealkylation sites (tertiary alicyclic amines) is 1. The summed E-state index contributed by atoms with van der Waals surface area (Å²) in [7, 11) is 0. The zero-order valence-electron chi connectivity index (χ0n) is 15.0. The summed E-state index contributed by atoms with van der Waals surface area (Å²) in [4.78, 5) is 27.1. The van der Waals surface area contributed by atoms with Gasteiger partial charge in [0.25, 0.3) is 5.91 Å². The molecule has 1 fully saturated rings. The zero-order valence-corrected chi connectivity index (χ0v) is 16.6. The Bertz CT molecular complexity index is 775. The Balaban J connectivity index is 1.67. The number of rotatable bonds is 6.